The van der Waals surface area contributed by atoms with E-state index in [9.17, 15) is 0 Å². The number of aryl methyl sites for hydroxylation is 2. The van der Waals surface area contributed by atoms with Crippen LogP contribution in [0.5, 0.6) is 11.5 Å². The van der Waals surface area contributed by atoms with Crippen LogP contribution in [0.1, 0.15) is 12.0 Å². The fraction of sp³-hybridized carbons (Fsp3) is 0.269. The lowest BCUT2D eigenvalue weighted by Crippen LogP contribution is -2.57. The van der Waals surface area contributed by atoms with Gasteiger partial charge in [-0.1, -0.05) is 0 Å². The first-order valence-electron chi connectivity index (χ1n) is 11.9. The molecule has 2 atom stereocenters. The van der Waals surface area contributed by atoms with E-state index in [0.29, 0.717) is 22.8 Å². The summed E-state index contributed by atoms with van der Waals surface area (Å²) in [5.74, 6) is 2.84. The van der Waals surface area contributed by atoms with Crippen molar-refractivity contribution >= 4 is 39.5 Å². The summed E-state index contributed by atoms with van der Waals surface area (Å²) in [6, 6.07) is 11.9. The van der Waals surface area contributed by atoms with E-state index in [1.807, 2.05) is 54.9 Å². The Morgan fingerprint density at radius 1 is 1.00 bits per heavy atom. The van der Waals surface area contributed by atoms with Crippen molar-refractivity contribution in [2.75, 3.05) is 23.3 Å². The van der Waals surface area contributed by atoms with Gasteiger partial charge in [0.2, 0.25) is 5.95 Å². The van der Waals surface area contributed by atoms with Crippen LogP contribution in [0.3, 0.4) is 0 Å². The third kappa shape index (κ3) is 3.66. The van der Waals surface area contributed by atoms with Crippen LogP contribution in [0.25, 0.3) is 22.1 Å². The minimum absolute atomic E-state index is 0.280. The molecule has 3 aliphatic rings. The van der Waals surface area contributed by atoms with Crippen LogP contribution < -0.4 is 15.0 Å². The van der Waals surface area contributed by atoms with Gasteiger partial charge in [-0.15, -0.1) is 0 Å². The van der Waals surface area contributed by atoms with Gasteiger partial charge in [-0.25, -0.2) is 24.9 Å². The molecule has 0 amide bonds. The topological polar surface area (TPSA) is 103 Å². The van der Waals surface area contributed by atoms with Gasteiger partial charge >= 0.3 is 0 Å². The van der Waals surface area contributed by atoms with Gasteiger partial charge in [-0.05, 0) is 42.8 Å². The van der Waals surface area contributed by atoms with E-state index in [1.54, 1.807) is 12.5 Å². The first kappa shape index (κ1) is 21.0. The summed E-state index contributed by atoms with van der Waals surface area (Å²) in [4.78, 5) is 24.8. The van der Waals surface area contributed by atoms with E-state index in [1.165, 1.54) is 6.33 Å². The molecule has 8 rings (SSSR count). The number of benzene rings is 2. The zero-order valence-corrected chi connectivity index (χ0v) is 19.9. The molecule has 0 spiro atoms. The molecule has 6 heterocycles. The van der Waals surface area contributed by atoms with Gasteiger partial charge < -0.3 is 24.3 Å². The third-order valence-corrected chi connectivity index (χ3v) is 6.77. The lowest BCUT2D eigenvalue weighted by atomic mass is 9.99. The van der Waals surface area contributed by atoms with Crippen LogP contribution in [0, 0.1) is 6.92 Å². The molecule has 1 N–H and O–H groups in total. The molecule has 2 aromatic carbocycles. The average Bonchev–Trinajstić information content (AvgIpc) is 3.25. The summed E-state index contributed by atoms with van der Waals surface area (Å²) in [5, 5.41) is 3.40. The Morgan fingerprint density at radius 2 is 1.86 bits per heavy atom. The van der Waals surface area contributed by atoms with Crippen molar-refractivity contribution in [2.45, 2.75) is 25.6 Å². The number of piperidine rings is 1. The molecule has 2 unspecified atom stereocenters. The van der Waals surface area contributed by atoms with Gasteiger partial charge in [-0.2, -0.15) is 0 Å². The molecule has 5 aromatic rings. The molecule has 3 saturated heterocycles. The van der Waals surface area contributed by atoms with Gasteiger partial charge in [0.1, 0.15) is 28.9 Å². The predicted octanol–water partition coefficient (Wildman–Crippen LogP) is 4.13. The van der Waals surface area contributed by atoms with Crippen LogP contribution in [0.15, 0.2) is 55.2 Å². The number of hydrogen-bond donors (Lipinski definition) is 1. The summed E-state index contributed by atoms with van der Waals surface area (Å²) in [6.45, 7) is 3.64. The van der Waals surface area contributed by atoms with E-state index in [4.69, 9.17) is 14.5 Å². The molecule has 3 aliphatic heterocycles. The Labute approximate surface area is 207 Å². The summed E-state index contributed by atoms with van der Waals surface area (Å²) in [7, 11) is 1.98. The van der Waals surface area contributed by atoms with Crippen LogP contribution in [0.4, 0.5) is 17.5 Å². The molecule has 2 bridgehead atoms. The molecule has 0 aliphatic carbocycles. The summed E-state index contributed by atoms with van der Waals surface area (Å²) >= 11 is 0. The van der Waals surface area contributed by atoms with Crippen molar-refractivity contribution in [1.82, 2.24) is 29.5 Å². The smallest absolute Gasteiger partial charge is 0.226 e. The second kappa shape index (κ2) is 8.13. The van der Waals surface area contributed by atoms with Crippen LogP contribution in [-0.2, 0) is 11.8 Å². The van der Waals surface area contributed by atoms with Crippen molar-refractivity contribution in [1.29, 1.82) is 0 Å². The van der Waals surface area contributed by atoms with E-state index >= 15 is 0 Å². The highest BCUT2D eigenvalue weighted by Crippen LogP contribution is 2.32. The van der Waals surface area contributed by atoms with E-state index in [2.05, 4.69) is 30.2 Å². The standard InChI is InChI=1S/C26H24N8O2/c1-15-7-16(3-6-23(15)36-17-4-5-22-20(9-17)30-14-33(22)2)31-25-24-21(28-13-29-25)10-27-26(32-24)34-11-18-8-19(12-34)35-18/h3-7,9-10,13-14,18-19H,8,11-12H2,1-2H3,(H,28,29,31). The van der Waals surface area contributed by atoms with E-state index in [0.717, 1.165) is 53.3 Å². The molecule has 3 fully saturated rings. The molecular formula is C26H24N8O2. The van der Waals surface area contributed by atoms with Gasteiger partial charge in [-0.3, -0.25) is 0 Å². The molecule has 10 nitrogen and oxygen atoms in total. The van der Waals surface area contributed by atoms with Crippen LogP contribution in [-0.4, -0.2) is 54.8 Å². The Morgan fingerprint density at radius 3 is 2.69 bits per heavy atom. The average molecular weight is 481 g/mol. The number of anilines is 3. The van der Waals surface area contributed by atoms with Gasteiger partial charge in [0.05, 0.1) is 35.8 Å². The maximum Gasteiger partial charge on any atom is 0.226 e. The third-order valence-electron chi connectivity index (χ3n) is 6.77. The highest BCUT2D eigenvalue weighted by Gasteiger charge is 2.39. The number of hydrogen-bond acceptors (Lipinski definition) is 9. The number of aromatic nitrogens is 6. The molecule has 10 heteroatoms. The zero-order valence-electron chi connectivity index (χ0n) is 19.9. The maximum atomic E-state index is 6.16. The molecule has 3 aromatic heterocycles. The molecule has 36 heavy (non-hydrogen) atoms. The first-order chi connectivity index (χ1) is 17.6. The summed E-state index contributed by atoms with van der Waals surface area (Å²) in [6.07, 6.45) is 6.76. The molecular weight excluding hydrogens is 456 g/mol. The zero-order chi connectivity index (χ0) is 24.2. The largest absolute Gasteiger partial charge is 0.457 e. The fourth-order valence-corrected chi connectivity index (χ4v) is 4.89. The monoisotopic (exact) mass is 480 g/mol. The number of morpholine rings is 1. The Kier molecular flexibility index (Phi) is 4.74. The lowest BCUT2D eigenvalue weighted by molar-refractivity contribution is -0.133. The summed E-state index contributed by atoms with van der Waals surface area (Å²) < 4.78 is 13.9. The second-order valence-corrected chi connectivity index (χ2v) is 9.36. The molecule has 0 saturated carbocycles. The van der Waals surface area contributed by atoms with Crippen molar-refractivity contribution in [2.24, 2.45) is 7.05 Å². The van der Waals surface area contributed by atoms with Crippen LogP contribution >= 0.6 is 0 Å². The van der Waals surface area contributed by atoms with Gasteiger partial charge in [0, 0.05) is 38.3 Å². The number of rotatable bonds is 5. The lowest BCUT2D eigenvalue weighted by Gasteiger charge is -2.46. The Bertz CT molecular complexity index is 1600. The van der Waals surface area contributed by atoms with Crippen molar-refractivity contribution in [3.05, 3.63) is 60.8 Å². The molecule has 180 valence electrons. The second-order valence-electron chi connectivity index (χ2n) is 9.36. The van der Waals surface area contributed by atoms with Crippen molar-refractivity contribution in [3.63, 3.8) is 0 Å². The number of imidazole rings is 1. The maximum absolute atomic E-state index is 6.16. The number of nitrogens with zero attached hydrogens (tertiary/aromatic N) is 7. The highest BCUT2D eigenvalue weighted by molar-refractivity contribution is 5.87. The summed E-state index contributed by atoms with van der Waals surface area (Å²) in [5.41, 5.74) is 5.21. The van der Waals surface area contributed by atoms with E-state index < -0.39 is 0 Å². The minimum Gasteiger partial charge on any atom is -0.457 e. The Hall–Kier alpha value is -4.31. The Balaban J connectivity index is 1.14. The first-order valence-corrected chi connectivity index (χ1v) is 11.9. The van der Waals surface area contributed by atoms with Gasteiger partial charge in [0.15, 0.2) is 5.82 Å². The predicted molar refractivity (Wildman–Crippen MR) is 136 cm³/mol. The number of ether oxygens (including phenoxy) is 2. The van der Waals surface area contributed by atoms with Gasteiger partial charge in [0.25, 0.3) is 0 Å². The van der Waals surface area contributed by atoms with Crippen molar-refractivity contribution in [3.8, 4) is 11.5 Å². The quantitative estimate of drug-likeness (QED) is 0.398. The highest BCUT2D eigenvalue weighted by atomic mass is 16.5. The number of nitrogens with one attached hydrogen (secondary N) is 1. The van der Waals surface area contributed by atoms with Crippen molar-refractivity contribution < 1.29 is 9.47 Å². The fourth-order valence-electron chi connectivity index (χ4n) is 4.89. The number of fused-ring (bicyclic) bond motifs is 4. The van der Waals surface area contributed by atoms with Crippen LogP contribution in [0.2, 0.25) is 0 Å². The molecule has 0 radical (unpaired) electrons. The normalized spacial score (nSPS) is 18.9. The van der Waals surface area contributed by atoms with E-state index in [-0.39, 0.29) is 12.2 Å². The SMILES string of the molecule is Cc1cc(Nc2ncnc3cnc(N4CC5CC(C4)O5)nc23)ccc1Oc1ccc2c(c1)ncn2C. The minimum atomic E-state index is 0.280.